The van der Waals surface area contributed by atoms with Crippen LogP contribution in [0.1, 0.15) is 367 Å². The molecule has 3 atom stereocenters. The number of amides is 1. The molecule has 450 valence electrons. The van der Waals surface area contributed by atoms with Gasteiger partial charge >= 0.3 is 0 Å². The topological polar surface area (TPSA) is 108 Å². The van der Waals surface area contributed by atoms with E-state index in [1.165, 1.54) is 302 Å². The van der Waals surface area contributed by atoms with Crippen molar-refractivity contribution in [3.63, 3.8) is 0 Å². The lowest BCUT2D eigenvalue weighted by Crippen LogP contribution is -2.46. The Labute approximate surface area is 470 Å². The second-order valence-corrected chi connectivity index (χ2v) is 26.3. The highest BCUT2D eigenvalue weighted by molar-refractivity contribution is 7.45. The molecule has 0 radical (unpaired) electrons. The minimum atomic E-state index is -4.57. The van der Waals surface area contributed by atoms with Crippen LogP contribution >= 0.6 is 7.82 Å². The third-order valence-electron chi connectivity index (χ3n) is 16.1. The molecule has 0 rings (SSSR count). The zero-order valence-corrected chi connectivity index (χ0v) is 52.4. The maximum atomic E-state index is 13.0. The number of carbonyl (C=O) groups is 1. The Morgan fingerprint density at radius 2 is 0.653 bits per heavy atom. The molecular formula is C66H135N2O6P. The van der Waals surface area contributed by atoms with E-state index in [0.717, 1.165) is 38.5 Å². The van der Waals surface area contributed by atoms with Crippen molar-refractivity contribution in [2.75, 3.05) is 40.9 Å². The first kappa shape index (κ1) is 74.5. The van der Waals surface area contributed by atoms with Crippen LogP contribution in [-0.2, 0) is 18.4 Å². The number of aliphatic hydroxyl groups is 1. The van der Waals surface area contributed by atoms with Crippen LogP contribution in [0, 0.1) is 0 Å². The summed E-state index contributed by atoms with van der Waals surface area (Å²) in [5, 5.41) is 14.1. The quantitative estimate of drug-likeness (QED) is 0.0357. The van der Waals surface area contributed by atoms with Gasteiger partial charge in [-0.3, -0.25) is 9.36 Å². The summed E-state index contributed by atoms with van der Waals surface area (Å²) in [7, 11) is 1.33. The van der Waals surface area contributed by atoms with Crippen molar-refractivity contribution in [2.45, 2.75) is 379 Å². The number of phosphoric acid groups is 1. The minimum Gasteiger partial charge on any atom is -0.756 e. The van der Waals surface area contributed by atoms with Gasteiger partial charge in [0.05, 0.1) is 39.9 Å². The molecule has 9 heteroatoms. The largest absolute Gasteiger partial charge is 0.756 e. The van der Waals surface area contributed by atoms with Gasteiger partial charge in [0, 0.05) is 6.42 Å². The van der Waals surface area contributed by atoms with E-state index in [0.29, 0.717) is 23.9 Å². The summed E-state index contributed by atoms with van der Waals surface area (Å²) in [6.07, 6.45) is 71.7. The summed E-state index contributed by atoms with van der Waals surface area (Å²) in [4.78, 5) is 25.6. The molecule has 0 aromatic rings. The standard InChI is InChI=1S/C66H135N2O6P/c1-6-8-10-12-14-16-18-20-22-24-26-28-30-32-33-34-35-36-38-40-42-44-46-48-50-52-54-56-58-60-66(70)67-64(63-74-75(71,72)73-62-61-68(3,4)5)65(69)59-57-55-53-51-49-47-45-43-41-39-37-31-29-27-25-23-21-19-17-15-13-11-9-7-2/h64-65,69H,6-63H2,1-5H3,(H-,67,70,71,72). The monoisotopic (exact) mass is 1080 g/mol. The van der Waals surface area contributed by atoms with Gasteiger partial charge in [0.1, 0.15) is 13.2 Å². The summed E-state index contributed by atoms with van der Waals surface area (Å²) in [5.41, 5.74) is 0. The van der Waals surface area contributed by atoms with Crippen molar-refractivity contribution >= 4 is 13.7 Å². The lowest BCUT2D eigenvalue weighted by atomic mass is 10.0. The predicted octanol–water partition coefficient (Wildman–Crippen LogP) is 20.5. The third-order valence-corrected chi connectivity index (χ3v) is 17.1. The molecule has 0 aromatic heterocycles. The van der Waals surface area contributed by atoms with Crippen molar-refractivity contribution in [3.8, 4) is 0 Å². The van der Waals surface area contributed by atoms with Gasteiger partial charge in [-0.15, -0.1) is 0 Å². The van der Waals surface area contributed by atoms with Gasteiger partial charge in [0.25, 0.3) is 7.82 Å². The van der Waals surface area contributed by atoms with Crippen molar-refractivity contribution in [1.82, 2.24) is 5.32 Å². The van der Waals surface area contributed by atoms with Crippen LogP contribution in [0.4, 0.5) is 0 Å². The van der Waals surface area contributed by atoms with E-state index in [2.05, 4.69) is 19.2 Å². The fourth-order valence-corrected chi connectivity index (χ4v) is 11.5. The van der Waals surface area contributed by atoms with Crippen molar-refractivity contribution in [3.05, 3.63) is 0 Å². The first-order valence-corrected chi connectivity index (χ1v) is 35.3. The molecule has 0 saturated heterocycles. The maximum absolute atomic E-state index is 13.0. The SMILES string of the molecule is CCCCCCCCCCCCCCCCCCCCCCCCCCCCCCCC(=O)NC(COP(=O)([O-])OCC[N+](C)(C)C)C(O)CCCCCCCCCCCCCCCCCCCCCCCCCC. The van der Waals surface area contributed by atoms with E-state index < -0.39 is 20.0 Å². The zero-order chi connectivity index (χ0) is 54.9. The maximum Gasteiger partial charge on any atom is 0.268 e. The molecule has 0 saturated carbocycles. The number of phosphoric ester groups is 1. The molecule has 2 N–H and O–H groups in total. The summed E-state index contributed by atoms with van der Waals surface area (Å²) in [6, 6.07) is -0.796. The number of rotatable bonds is 64. The molecule has 0 aliphatic rings. The van der Waals surface area contributed by atoms with Gasteiger partial charge in [-0.05, 0) is 12.8 Å². The van der Waals surface area contributed by atoms with Crippen LogP contribution in [0.2, 0.25) is 0 Å². The molecule has 0 aliphatic heterocycles. The fourth-order valence-electron chi connectivity index (χ4n) is 10.8. The van der Waals surface area contributed by atoms with E-state index in [4.69, 9.17) is 9.05 Å². The Kier molecular flexibility index (Phi) is 57.8. The molecule has 0 bridgehead atoms. The highest BCUT2D eigenvalue weighted by Gasteiger charge is 2.24. The van der Waals surface area contributed by atoms with Crippen molar-refractivity contribution in [2.24, 2.45) is 0 Å². The zero-order valence-electron chi connectivity index (χ0n) is 51.5. The molecule has 8 nitrogen and oxygen atoms in total. The highest BCUT2D eigenvalue weighted by atomic mass is 31.2. The first-order valence-electron chi connectivity index (χ1n) is 33.9. The number of quaternary nitrogens is 1. The summed E-state index contributed by atoms with van der Waals surface area (Å²) in [6.45, 7) is 4.80. The van der Waals surface area contributed by atoms with Gasteiger partial charge < -0.3 is 28.8 Å². The number of nitrogens with zero attached hydrogens (tertiary/aromatic N) is 1. The van der Waals surface area contributed by atoms with Gasteiger partial charge in [-0.1, -0.05) is 348 Å². The van der Waals surface area contributed by atoms with E-state index in [1.54, 1.807) is 0 Å². The van der Waals surface area contributed by atoms with E-state index in [1.807, 2.05) is 21.1 Å². The smallest absolute Gasteiger partial charge is 0.268 e. The lowest BCUT2D eigenvalue weighted by molar-refractivity contribution is -0.870. The third kappa shape index (κ3) is 61.0. The molecular weight excluding hydrogens is 948 g/mol. The van der Waals surface area contributed by atoms with Crippen LogP contribution in [0.5, 0.6) is 0 Å². The number of aliphatic hydroxyl groups excluding tert-OH is 1. The Morgan fingerprint density at radius 3 is 0.907 bits per heavy atom. The second-order valence-electron chi connectivity index (χ2n) is 24.9. The molecule has 0 aliphatic carbocycles. The van der Waals surface area contributed by atoms with E-state index in [9.17, 15) is 19.4 Å². The molecule has 75 heavy (non-hydrogen) atoms. The Bertz CT molecular complexity index is 1180. The Balaban J connectivity index is 4.00. The van der Waals surface area contributed by atoms with Crippen molar-refractivity contribution < 1.29 is 32.9 Å². The number of hydrogen-bond acceptors (Lipinski definition) is 6. The molecule has 0 heterocycles. The van der Waals surface area contributed by atoms with Crippen LogP contribution in [0.25, 0.3) is 0 Å². The second kappa shape index (κ2) is 58.2. The van der Waals surface area contributed by atoms with Crippen LogP contribution in [0.15, 0.2) is 0 Å². The number of hydrogen-bond donors (Lipinski definition) is 2. The van der Waals surface area contributed by atoms with Crippen LogP contribution < -0.4 is 10.2 Å². The van der Waals surface area contributed by atoms with Gasteiger partial charge in [0.2, 0.25) is 5.91 Å². The Morgan fingerprint density at radius 1 is 0.413 bits per heavy atom. The molecule has 0 fully saturated rings. The summed E-state index contributed by atoms with van der Waals surface area (Å²) in [5.74, 6) is -0.154. The number of unbranched alkanes of at least 4 members (excludes halogenated alkanes) is 51. The van der Waals surface area contributed by atoms with E-state index in [-0.39, 0.29) is 19.1 Å². The summed E-state index contributed by atoms with van der Waals surface area (Å²) < 4.78 is 23.5. The van der Waals surface area contributed by atoms with Gasteiger partial charge in [-0.25, -0.2) is 0 Å². The van der Waals surface area contributed by atoms with E-state index >= 15 is 0 Å². The number of likely N-dealkylation sites (N-methyl/N-ethyl adjacent to an activating group) is 1. The normalized spacial score (nSPS) is 13.6. The molecule has 3 unspecified atom stereocenters. The summed E-state index contributed by atoms with van der Waals surface area (Å²) >= 11 is 0. The minimum absolute atomic E-state index is 0.0169. The molecule has 1 amide bonds. The molecule has 0 spiro atoms. The average Bonchev–Trinajstić information content (AvgIpc) is 3.37. The predicted molar refractivity (Wildman–Crippen MR) is 326 cm³/mol. The van der Waals surface area contributed by atoms with Crippen LogP contribution in [0.3, 0.4) is 0 Å². The fraction of sp³-hybridized carbons (Fsp3) is 0.985. The van der Waals surface area contributed by atoms with Crippen molar-refractivity contribution in [1.29, 1.82) is 0 Å². The number of carbonyl (C=O) groups excluding carboxylic acids is 1. The molecule has 0 aromatic carbocycles. The Hall–Kier alpha value is -0.500. The van der Waals surface area contributed by atoms with Gasteiger partial charge in [0.15, 0.2) is 0 Å². The van der Waals surface area contributed by atoms with Crippen LogP contribution in [-0.4, -0.2) is 68.5 Å². The highest BCUT2D eigenvalue weighted by Crippen LogP contribution is 2.38. The number of nitrogens with one attached hydrogen (secondary N) is 1. The lowest BCUT2D eigenvalue weighted by Gasteiger charge is -2.30. The average molecular weight is 1080 g/mol. The van der Waals surface area contributed by atoms with Gasteiger partial charge in [-0.2, -0.15) is 0 Å². The first-order chi connectivity index (χ1) is 36.5.